The van der Waals surface area contributed by atoms with Crippen LogP contribution in [0.5, 0.6) is 11.5 Å². The SMILES string of the molecule is CNC(=O)Nc1cc(Oc2ccc(NC(N)=O)c(Cl)c2Cl)ccn1. The second-order valence-electron chi connectivity index (χ2n) is 4.41. The molecule has 10 heteroatoms. The van der Waals surface area contributed by atoms with Crippen molar-refractivity contribution in [1.82, 2.24) is 10.3 Å². The van der Waals surface area contributed by atoms with Crippen molar-refractivity contribution in [3.05, 3.63) is 40.5 Å². The molecule has 0 aliphatic heterocycles. The molecular weight excluding hydrogens is 357 g/mol. The molecule has 0 spiro atoms. The van der Waals surface area contributed by atoms with Gasteiger partial charge in [-0.3, -0.25) is 5.32 Å². The summed E-state index contributed by atoms with van der Waals surface area (Å²) < 4.78 is 5.63. The van der Waals surface area contributed by atoms with Crippen LogP contribution in [0.2, 0.25) is 10.0 Å². The van der Waals surface area contributed by atoms with E-state index >= 15 is 0 Å². The van der Waals surface area contributed by atoms with Crippen LogP contribution in [0.3, 0.4) is 0 Å². The predicted molar refractivity (Wildman–Crippen MR) is 92.1 cm³/mol. The van der Waals surface area contributed by atoms with Gasteiger partial charge in [-0.2, -0.15) is 0 Å². The third kappa shape index (κ3) is 4.40. The molecule has 0 fully saturated rings. The van der Waals surface area contributed by atoms with Gasteiger partial charge in [0.25, 0.3) is 0 Å². The van der Waals surface area contributed by atoms with Gasteiger partial charge in [-0.25, -0.2) is 14.6 Å². The molecule has 0 saturated heterocycles. The Hall–Kier alpha value is -2.71. The van der Waals surface area contributed by atoms with Gasteiger partial charge >= 0.3 is 12.1 Å². The molecule has 0 atom stereocenters. The van der Waals surface area contributed by atoms with E-state index in [-0.39, 0.29) is 21.5 Å². The Morgan fingerprint density at radius 1 is 1.17 bits per heavy atom. The van der Waals surface area contributed by atoms with Gasteiger partial charge in [0.15, 0.2) is 0 Å². The minimum Gasteiger partial charge on any atom is -0.456 e. The average Bonchev–Trinajstić information content (AvgIpc) is 2.54. The predicted octanol–water partition coefficient (Wildman–Crippen LogP) is 3.42. The summed E-state index contributed by atoms with van der Waals surface area (Å²) in [6.07, 6.45) is 1.46. The highest BCUT2D eigenvalue weighted by atomic mass is 35.5. The quantitative estimate of drug-likeness (QED) is 0.659. The van der Waals surface area contributed by atoms with Crippen LogP contribution in [0.25, 0.3) is 0 Å². The number of carbonyl (C=O) groups excluding carboxylic acids is 2. The number of benzene rings is 1. The molecule has 1 heterocycles. The lowest BCUT2D eigenvalue weighted by Crippen LogP contribution is -2.24. The molecule has 0 aliphatic rings. The Labute approximate surface area is 147 Å². The number of nitrogens with zero attached hydrogens (tertiary/aromatic N) is 1. The highest BCUT2D eigenvalue weighted by Gasteiger charge is 2.13. The third-order valence-electron chi connectivity index (χ3n) is 2.73. The first-order valence-electron chi connectivity index (χ1n) is 6.57. The van der Waals surface area contributed by atoms with E-state index in [4.69, 9.17) is 33.7 Å². The molecule has 2 aromatic rings. The van der Waals surface area contributed by atoms with Gasteiger partial charge in [0.2, 0.25) is 0 Å². The highest BCUT2D eigenvalue weighted by Crippen LogP contribution is 2.39. The summed E-state index contributed by atoms with van der Waals surface area (Å²) in [5.74, 6) is 0.930. The molecule has 126 valence electrons. The number of ether oxygens (including phenoxy) is 1. The summed E-state index contributed by atoms with van der Waals surface area (Å²) in [6.45, 7) is 0. The number of hydrogen-bond donors (Lipinski definition) is 4. The molecule has 0 saturated carbocycles. The molecule has 24 heavy (non-hydrogen) atoms. The summed E-state index contributed by atoms with van der Waals surface area (Å²) >= 11 is 12.2. The normalized spacial score (nSPS) is 9.96. The van der Waals surface area contributed by atoms with E-state index in [0.29, 0.717) is 11.6 Å². The standard InChI is InChI=1S/C14H13Cl2N5O3/c1-18-14(23)21-10-6-7(4-5-19-10)24-9-3-2-8(20-13(17)22)11(15)12(9)16/h2-6H,1H3,(H3,17,20,22)(H2,18,19,21,23). The molecule has 0 radical (unpaired) electrons. The number of aromatic nitrogens is 1. The number of rotatable bonds is 4. The average molecular weight is 370 g/mol. The molecule has 1 aromatic heterocycles. The first-order valence-corrected chi connectivity index (χ1v) is 7.33. The van der Waals surface area contributed by atoms with Crippen molar-refractivity contribution >= 4 is 46.8 Å². The van der Waals surface area contributed by atoms with Crippen molar-refractivity contribution in [2.24, 2.45) is 5.73 Å². The number of carbonyl (C=O) groups is 2. The van der Waals surface area contributed by atoms with Crippen LogP contribution >= 0.6 is 23.2 Å². The van der Waals surface area contributed by atoms with E-state index in [1.165, 1.54) is 31.4 Å². The second-order valence-corrected chi connectivity index (χ2v) is 5.17. The van der Waals surface area contributed by atoms with Gasteiger partial charge in [-0.1, -0.05) is 23.2 Å². The monoisotopic (exact) mass is 369 g/mol. The van der Waals surface area contributed by atoms with Gasteiger partial charge in [0.1, 0.15) is 22.3 Å². The summed E-state index contributed by atoms with van der Waals surface area (Å²) in [6, 6.07) is 4.93. The number of urea groups is 2. The van der Waals surface area contributed by atoms with Crippen LogP contribution in [0, 0.1) is 0 Å². The molecule has 0 aliphatic carbocycles. The van der Waals surface area contributed by atoms with Gasteiger partial charge in [-0.15, -0.1) is 0 Å². The van der Waals surface area contributed by atoms with Crippen LogP contribution in [0.15, 0.2) is 30.5 Å². The molecule has 0 bridgehead atoms. The van der Waals surface area contributed by atoms with Crippen LogP contribution in [0.1, 0.15) is 0 Å². The maximum atomic E-state index is 11.3. The fraction of sp³-hybridized carbons (Fsp3) is 0.0714. The Balaban J connectivity index is 2.22. The Bertz CT molecular complexity index is 785. The number of amides is 4. The maximum Gasteiger partial charge on any atom is 0.320 e. The van der Waals surface area contributed by atoms with Crippen molar-refractivity contribution in [3.63, 3.8) is 0 Å². The number of nitrogens with one attached hydrogen (secondary N) is 3. The lowest BCUT2D eigenvalue weighted by atomic mass is 10.3. The van der Waals surface area contributed by atoms with Gasteiger partial charge in [0, 0.05) is 19.3 Å². The molecule has 4 amide bonds. The minimum atomic E-state index is -0.763. The van der Waals surface area contributed by atoms with Gasteiger partial charge in [0.05, 0.1) is 10.7 Å². The zero-order valence-corrected chi connectivity index (χ0v) is 13.9. The fourth-order valence-electron chi connectivity index (χ4n) is 1.69. The minimum absolute atomic E-state index is 0.0886. The summed E-state index contributed by atoms with van der Waals surface area (Å²) in [7, 11) is 1.49. The molecule has 2 rings (SSSR count). The zero-order chi connectivity index (χ0) is 17.7. The van der Waals surface area contributed by atoms with Crippen LogP contribution in [-0.4, -0.2) is 24.1 Å². The van der Waals surface area contributed by atoms with Gasteiger partial charge in [-0.05, 0) is 18.2 Å². The first-order chi connectivity index (χ1) is 11.4. The summed E-state index contributed by atoms with van der Waals surface area (Å²) in [4.78, 5) is 26.2. The third-order valence-corrected chi connectivity index (χ3v) is 3.60. The Morgan fingerprint density at radius 3 is 2.58 bits per heavy atom. The topological polar surface area (TPSA) is 118 Å². The van der Waals surface area contributed by atoms with E-state index in [0.717, 1.165) is 0 Å². The van der Waals surface area contributed by atoms with Crippen molar-refractivity contribution in [2.45, 2.75) is 0 Å². The lowest BCUT2D eigenvalue weighted by molar-refractivity contribution is 0.253. The lowest BCUT2D eigenvalue weighted by Gasteiger charge is -2.12. The maximum absolute atomic E-state index is 11.3. The summed E-state index contributed by atoms with van der Waals surface area (Å²) in [5, 5.41) is 7.45. The van der Waals surface area contributed by atoms with Crippen LogP contribution in [0.4, 0.5) is 21.1 Å². The van der Waals surface area contributed by atoms with Crippen molar-refractivity contribution < 1.29 is 14.3 Å². The highest BCUT2D eigenvalue weighted by molar-refractivity contribution is 6.44. The van der Waals surface area contributed by atoms with Crippen LogP contribution < -0.4 is 26.4 Å². The van der Waals surface area contributed by atoms with E-state index in [1.807, 2.05) is 0 Å². The first kappa shape index (κ1) is 17.6. The number of anilines is 2. The van der Waals surface area contributed by atoms with E-state index in [9.17, 15) is 9.59 Å². The number of hydrogen-bond acceptors (Lipinski definition) is 4. The zero-order valence-electron chi connectivity index (χ0n) is 12.4. The van der Waals surface area contributed by atoms with Crippen molar-refractivity contribution in [3.8, 4) is 11.5 Å². The molecule has 5 N–H and O–H groups in total. The molecule has 1 aromatic carbocycles. The summed E-state index contributed by atoms with van der Waals surface area (Å²) in [5.41, 5.74) is 5.31. The largest absolute Gasteiger partial charge is 0.456 e. The molecule has 0 unspecified atom stereocenters. The number of nitrogens with two attached hydrogens (primary N) is 1. The van der Waals surface area contributed by atoms with E-state index < -0.39 is 12.1 Å². The van der Waals surface area contributed by atoms with Crippen LogP contribution in [-0.2, 0) is 0 Å². The van der Waals surface area contributed by atoms with Crippen molar-refractivity contribution in [2.75, 3.05) is 17.7 Å². The molecule has 8 nitrogen and oxygen atoms in total. The van der Waals surface area contributed by atoms with Crippen molar-refractivity contribution in [1.29, 1.82) is 0 Å². The second kappa shape index (κ2) is 7.71. The number of pyridine rings is 1. The fourth-order valence-corrected chi connectivity index (χ4v) is 2.10. The smallest absolute Gasteiger partial charge is 0.320 e. The molecular formula is C14H13Cl2N5O3. The number of primary amides is 1. The van der Waals surface area contributed by atoms with Gasteiger partial charge < -0.3 is 21.1 Å². The van der Waals surface area contributed by atoms with E-state index in [2.05, 4.69) is 20.9 Å². The number of halogens is 2. The Morgan fingerprint density at radius 2 is 1.92 bits per heavy atom. The van der Waals surface area contributed by atoms with E-state index in [1.54, 1.807) is 6.07 Å². The Kier molecular flexibility index (Phi) is 5.67.